The van der Waals surface area contributed by atoms with Crippen molar-refractivity contribution in [3.63, 3.8) is 0 Å². The Balaban J connectivity index is 1.93. The first-order chi connectivity index (χ1) is 11.6. The smallest absolute Gasteiger partial charge is 0.224 e. The number of carbonyl (C=O) groups is 1. The second-order valence-corrected chi connectivity index (χ2v) is 6.88. The lowest BCUT2D eigenvalue weighted by Gasteiger charge is -2.34. The molecule has 1 aliphatic rings. The van der Waals surface area contributed by atoms with Crippen LogP contribution in [0.5, 0.6) is 0 Å². The predicted octanol–water partition coefficient (Wildman–Crippen LogP) is 3.44. The van der Waals surface area contributed by atoms with Crippen LogP contribution in [0.15, 0.2) is 60.7 Å². The Bertz CT molecular complexity index is 629. The number of nitrogens with one attached hydrogen (secondary N) is 1. The van der Waals surface area contributed by atoms with Crippen molar-refractivity contribution in [1.82, 2.24) is 5.32 Å². The molecule has 3 nitrogen and oxygen atoms in total. The molecule has 0 bridgehead atoms. The summed E-state index contributed by atoms with van der Waals surface area (Å²) in [6.45, 7) is 2.67. The zero-order valence-electron chi connectivity index (χ0n) is 14.2. The van der Waals surface area contributed by atoms with Crippen molar-refractivity contribution in [2.24, 2.45) is 17.6 Å². The summed E-state index contributed by atoms with van der Waals surface area (Å²) < 4.78 is 0. The second kappa shape index (κ2) is 7.18. The van der Waals surface area contributed by atoms with E-state index in [0.717, 1.165) is 30.4 Å². The molecule has 126 valence electrons. The lowest BCUT2D eigenvalue weighted by molar-refractivity contribution is -0.127. The van der Waals surface area contributed by atoms with Crippen molar-refractivity contribution in [2.45, 2.75) is 31.7 Å². The summed E-state index contributed by atoms with van der Waals surface area (Å²) in [5.41, 5.74) is 7.51. The molecule has 3 N–H and O–H groups in total. The molecule has 0 aliphatic heterocycles. The van der Waals surface area contributed by atoms with Gasteiger partial charge in [-0.3, -0.25) is 4.79 Å². The van der Waals surface area contributed by atoms with Crippen molar-refractivity contribution < 1.29 is 4.79 Å². The van der Waals surface area contributed by atoms with Gasteiger partial charge in [-0.05, 0) is 43.4 Å². The van der Waals surface area contributed by atoms with Gasteiger partial charge in [-0.15, -0.1) is 0 Å². The van der Waals surface area contributed by atoms with Crippen molar-refractivity contribution >= 4 is 5.91 Å². The summed E-state index contributed by atoms with van der Waals surface area (Å²) in [6.07, 6.45) is 3.09. The maximum absolute atomic E-state index is 13.0. The minimum absolute atomic E-state index is 0.0294. The molecule has 1 amide bonds. The van der Waals surface area contributed by atoms with Gasteiger partial charge in [0.1, 0.15) is 0 Å². The molecule has 2 aromatic rings. The van der Waals surface area contributed by atoms with Gasteiger partial charge < -0.3 is 11.1 Å². The highest BCUT2D eigenvalue weighted by Gasteiger charge is 2.37. The number of hydrogen-bond acceptors (Lipinski definition) is 2. The third-order valence-corrected chi connectivity index (χ3v) is 5.37. The van der Waals surface area contributed by atoms with Crippen LogP contribution in [0.25, 0.3) is 0 Å². The lowest BCUT2D eigenvalue weighted by Crippen LogP contribution is -2.48. The van der Waals surface area contributed by atoms with E-state index in [9.17, 15) is 4.79 Å². The minimum atomic E-state index is -0.540. The molecular weight excluding hydrogens is 296 g/mol. The van der Waals surface area contributed by atoms with E-state index in [1.54, 1.807) is 0 Å². The van der Waals surface area contributed by atoms with Crippen molar-refractivity contribution in [2.75, 3.05) is 6.54 Å². The standard InChI is InChI=1S/C21H26N2O/c1-21(17-10-4-2-5-11-17,18-12-6-3-7-13-18)23-20(24)19-14-8-9-16(19)15-22/h2-7,10-13,16,19H,8-9,14-15,22H2,1H3,(H,23,24)/t16-,19-/m1/s1. The Hall–Kier alpha value is -2.13. The van der Waals surface area contributed by atoms with E-state index in [0.29, 0.717) is 12.5 Å². The Kier molecular flexibility index (Phi) is 5.00. The maximum atomic E-state index is 13.0. The largest absolute Gasteiger partial charge is 0.342 e. The van der Waals surface area contributed by atoms with Crippen LogP contribution in [0.4, 0.5) is 0 Å². The summed E-state index contributed by atoms with van der Waals surface area (Å²) >= 11 is 0. The van der Waals surface area contributed by atoms with Gasteiger partial charge in [0.05, 0.1) is 5.54 Å². The Labute approximate surface area is 144 Å². The summed E-state index contributed by atoms with van der Waals surface area (Å²) in [6, 6.07) is 20.3. The molecule has 1 fully saturated rings. The first-order valence-electron chi connectivity index (χ1n) is 8.78. The van der Waals surface area contributed by atoms with E-state index >= 15 is 0 Å². The Morgan fingerprint density at radius 3 is 2.08 bits per heavy atom. The first-order valence-corrected chi connectivity index (χ1v) is 8.78. The van der Waals surface area contributed by atoms with Crippen LogP contribution < -0.4 is 11.1 Å². The molecule has 1 saturated carbocycles. The zero-order valence-corrected chi connectivity index (χ0v) is 14.2. The van der Waals surface area contributed by atoms with Crippen LogP contribution in [-0.4, -0.2) is 12.5 Å². The normalized spacial score (nSPS) is 20.8. The van der Waals surface area contributed by atoms with Gasteiger partial charge in [0, 0.05) is 5.92 Å². The molecule has 0 unspecified atom stereocenters. The van der Waals surface area contributed by atoms with Gasteiger partial charge in [-0.25, -0.2) is 0 Å². The lowest BCUT2D eigenvalue weighted by atomic mass is 9.83. The van der Waals surface area contributed by atoms with Gasteiger partial charge in [0.25, 0.3) is 0 Å². The van der Waals surface area contributed by atoms with Gasteiger partial charge in [0.2, 0.25) is 5.91 Å². The molecule has 1 aliphatic carbocycles. The Morgan fingerprint density at radius 2 is 1.58 bits per heavy atom. The fraction of sp³-hybridized carbons (Fsp3) is 0.381. The van der Waals surface area contributed by atoms with Crippen LogP contribution in [0.1, 0.15) is 37.3 Å². The fourth-order valence-corrected chi connectivity index (χ4v) is 3.86. The van der Waals surface area contributed by atoms with Gasteiger partial charge in [0.15, 0.2) is 0 Å². The molecule has 2 atom stereocenters. The van der Waals surface area contributed by atoms with Crippen molar-refractivity contribution in [1.29, 1.82) is 0 Å². The summed E-state index contributed by atoms with van der Waals surface area (Å²) in [5.74, 6) is 0.459. The van der Waals surface area contributed by atoms with E-state index < -0.39 is 5.54 Å². The quantitative estimate of drug-likeness (QED) is 0.886. The van der Waals surface area contributed by atoms with Crippen LogP contribution in [0, 0.1) is 11.8 Å². The summed E-state index contributed by atoms with van der Waals surface area (Å²) in [4.78, 5) is 13.0. The maximum Gasteiger partial charge on any atom is 0.224 e. The molecule has 3 rings (SSSR count). The molecular formula is C21H26N2O. The minimum Gasteiger partial charge on any atom is -0.342 e. The number of amides is 1. The molecule has 2 aromatic carbocycles. The first kappa shape index (κ1) is 16.7. The molecule has 0 spiro atoms. The highest BCUT2D eigenvalue weighted by molar-refractivity contribution is 5.81. The molecule has 24 heavy (non-hydrogen) atoms. The Morgan fingerprint density at radius 1 is 1.04 bits per heavy atom. The van der Waals surface area contributed by atoms with E-state index in [1.807, 2.05) is 36.4 Å². The predicted molar refractivity (Wildman–Crippen MR) is 97.4 cm³/mol. The van der Waals surface area contributed by atoms with E-state index in [4.69, 9.17) is 5.73 Å². The van der Waals surface area contributed by atoms with E-state index in [-0.39, 0.29) is 11.8 Å². The zero-order chi connectivity index (χ0) is 17.0. The topological polar surface area (TPSA) is 55.1 Å². The van der Waals surface area contributed by atoms with E-state index in [1.165, 1.54) is 0 Å². The summed E-state index contributed by atoms with van der Waals surface area (Å²) in [5, 5.41) is 3.34. The molecule has 3 heteroatoms. The van der Waals surface area contributed by atoms with Crippen LogP contribution in [0.3, 0.4) is 0 Å². The number of benzene rings is 2. The SMILES string of the molecule is CC(NC(=O)[C@@H]1CCC[C@@H]1CN)(c1ccccc1)c1ccccc1. The number of hydrogen-bond donors (Lipinski definition) is 2. The van der Waals surface area contributed by atoms with Crippen molar-refractivity contribution in [3.8, 4) is 0 Å². The van der Waals surface area contributed by atoms with Gasteiger partial charge >= 0.3 is 0 Å². The fourth-order valence-electron chi connectivity index (χ4n) is 3.86. The monoisotopic (exact) mass is 322 g/mol. The number of rotatable bonds is 5. The second-order valence-electron chi connectivity index (χ2n) is 6.88. The van der Waals surface area contributed by atoms with E-state index in [2.05, 4.69) is 36.5 Å². The number of nitrogens with two attached hydrogens (primary N) is 1. The van der Waals surface area contributed by atoms with Gasteiger partial charge in [-0.1, -0.05) is 67.1 Å². The molecule has 0 radical (unpaired) electrons. The van der Waals surface area contributed by atoms with Crippen LogP contribution in [0.2, 0.25) is 0 Å². The third-order valence-electron chi connectivity index (χ3n) is 5.37. The van der Waals surface area contributed by atoms with Crippen LogP contribution >= 0.6 is 0 Å². The molecule has 0 aromatic heterocycles. The molecule has 0 heterocycles. The third kappa shape index (κ3) is 3.22. The van der Waals surface area contributed by atoms with Crippen molar-refractivity contribution in [3.05, 3.63) is 71.8 Å². The molecule has 0 saturated heterocycles. The van der Waals surface area contributed by atoms with Crippen LogP contribution in [-0.2, 0) is 10.3 Å². The number of carbonyl (C=O) groups excluding carboxylic acids is 1. The van der Waals surface area contributed by atoms with Gasteiger partial charge in [-0.2, -0.15) is 0 Å². The average molecular weight is 322 g/mol. The highest BCUT2D eigenvalue weighted by atomic mass is 16.2. The summed E-state index contributed by atoms with van der Waals surface area (Å²) in [7, 11) is 0. The highest BCUT2D eigenvalue weighted by Crippen LogP contribution is 2.34. The average Bonchev–Trinajstić information content (AvgIpc) is 3.12.